The Labute approximate surface area is 119 Å². The largest absolute Gasteiger partial charge is 0.573 e. The van der Waals surface area contributed by atoms with E-state index in [0.717, 1.165) is 18.2 Å². The first-order valence-corrected chi connectivity index (χ1v) is 5.71. The summed E-state index contributed by atoms with van der Waals surface area (Å²) >= 11 is 0. The quantitative estimate of drug-likeness (QED) is 0.473. The van der Waals surface area contributed by atoms with Crippen LogP contribution >= 0.6 is 0 Å². The summed E-state index contributed by atoms with van der Waals surface area (Å²) in [5.41, 5.74) is -0.666. The number of rotatable bonds is 3. The molecule has 0 aliphatic rings. The zero-order chi connectivity index (χ0) is 16.5. The van der Waals surface area contributed by atoms with Gasteiger partial charge in [0.1, 0.15) is 5.75 Å². The molecular weight excluding hydrogens is 314 g/mol. The van der Waals surface area contributed by atoms with Crippen LogP contribution in [0, 0.1) is 17.5 Å². The van der Waals surface area contributed by atoms with E-state index in [1.807, 2.05) is 0 Å². The molecule has 0 fully saturated rings. The second kappa shape index (κ2) is 5.70. The van der Waals surface area contributed by atoms with E-state index in [0.29, 0.717) is 12.1 Å². The fourth-order valence-corrected chi connectivity index (χ4v) is 1.80. The van der Waals surface area contributed by atoms with Gasteiger partial charge in [-0.15, -0.1) is 13.2 Å². The summed E-state index contributed by atoms with van der Waals surface area (Å²) < 4.78 is 79.6. The Kier molecular flexibility index (Phi) is 4.11. The topological polar surface area (TPSA) is 26.3 Å². The summed E-state index contributed by atoms with van der Waals surface area (Å²) in [5, 5.41) is 0. The van der Waals surface area contributed by atoms with Gasteiger partial charge in [-0.1, -0.05) is 0 Å². The van der Waals surface area contributed by atoms with Gasteiger partial charge in [0, 0.05) is 5.56 Å². The van der Waals surface area contributed by atoms with Crippen LogP contribution in [-0.4, -0.2) is 12.6 Å². The van der Waals surface area contributed by atoms with Crippen LogP contribution in [0.5, 0.6) is 5.75 Å². The molecule has 8 heteroatoms. The maximum Gasteiger partial charge on any atom is 0.573 e. The number of hydrogen-bond acceptors (Lipinski definition) is 2. The number of benzene rings is 2. The number of alkyl halides is 3. The highest BCUT2D eigenvalue weighted by molar-refractivity contribution is 5.88. The van der Waals surface area contributed by atoms with Gasteiger partial charge in [-0.2, -0.15) is 0 Å². The Balaban J connectivity index is 2.57. The smallest absolute Gasteiger partial charge is 0.406 e. The van der Waals surface area contributed by atoms with E-state index in [9.17, 15) is 31.1 Å². The summed E-state index contributed by atoms with van der Waals surface area (Å²) in [6.45, 7) is 0. The lowest BCUT2D eigenvalue weighted by molar-refractivity contribution is -0.274. The number of ether oxygens (including phenoxy) is 1. The molecule has 0 spiro atoms. The van der Waals surface area contributed by atoms with Gasteiger partial charge in [0.15, 0.2) is 23.7 Å². The van der Waals surface area contributed by atoms with Gasteiger partial charge < -0.3 is 4.74 Å². The molecule has 0 atom stereocenters. The van der Waals surface area contributed by atoms with Crippen LogP contribution in [0.25, 0.3) is 11.1 Å². The second-order valence-corrected chi connectivity index (χ2v) is 4.17. The molecule has 0 N–H and O–H groups in total. The minimum Gasteiger partial charge on any atom is -0.406 e. The molecule has 2 rings (SSSR count). The van der Waals surface area contributed by atoms with Crippen molar-refractivity contribution in [2.45, 2.75) is 6.36 Å². The molecule has 2 aromatic carbocycles. The average Bonchev–Trinajstić information content (AvgIpc) is 2.42. The molecule has 116 valence electrons. The van der Waals surface area contributed by atoms with Crippen LogP contribution in [0.4, 0.5) is 26.3 Å². The van der Waals surface area contributed by atoms with E-state index in [4.69, 9.17) is 0 Å². The van der Waals surface area contributed by atoms with Gasteiger partial charge in [-0.05, 0) is 41.5 Å². The van der Waals surface area contributed by atoms with Gasteiger partial charge in [0.2, 0.25) is 0 Å². The molecule has 22 heavy (non-hydrogen) atoms. The summed E-state index contributed by atoms with van der Waals surface area (Å²) in [6.07, 6.45) is -4.69. The summed E-state index contributed by atoms with van der Waals surface area (Å²) in [7, 11) is 0. The van der Waals surface area contributed by atoms with Crippen molar-refractivity contribution in [3.05, 3.63) is 53.3 Å². The third-order valence-corrected chi connectivity index (χ3v) is 2.68. The third kappa shape index (κ3) is 3.38. The standard InChI is InChI=1S/C14H6F6O2/c15-11-3-8(4-12(16)13(11)17)10-5-9(22-14(18,19)20)2-1-7(10)6-21/h1-6H. The van der Waals surface area contributed by atoms with Gasteiger partial charge in [0.05, 0.1) is 0 Å². The summed E-state index contributed by atoms with van der Waals surface area (Å²) in [5.74, 6) is -5.47. The second-order valence-electron chi connectivity index (χ2n) is 4.17. The molecule has 0 saturated heterocycles. The maximum atomic E-state index is 13.2. The highest BCUT2D eigenvalue weighted by atomic mass is 19.4. The average molecular weight is 320 g/mol. The van der Waals surface area contributed by atoms with Crippen molar-refractivity contribution in [1.29, 1.82) is 0 Å². The fourth-order valence-electron chi connectivity index (χ4n) is 1.80. The molecule has 0 amide bonds. The molecule has 0 aromatic heterocycles. The van der Waals surface area contributed by atoms with E-state index in [-0.39, 0.29) is 23.0 Å². The van der Waals surface area contributed by atoms with Crippen molar-refractivity contribution in [3.63, 3.8) is 0 Å². The molecule has 0 heterocycles. The number of carbonyl (C=O) groups is 1. The van der Waals surface area contributed by atoms with Gasteiger partial charge in [-0.25, -0.2) is 13.2 Å². The number of halogens is 6. The molecule has 2 aromatic rings. The first-order chi connectivity index (χ1) is 10.2. The van der Waals surface area contributed by atoms with Crippen LogP contribution in [0.1, 0.15) is 10.4 Å². The summed E-state index contributed by atoms with van der Waals surface area (Å²) in [6, 6.07) is 3.78. The van der Waals surface area contributed by atoms with Crippen LogP contribution in [0.3, 0.4) is 0 Å². The minimum absolute atomic E-state index is 0.139. The van der Waals surface area contributed by atoms with Crippen molar-refractivity contribution in [1.82, 2.24) is 0 Å². The van der Waals surface area contributed by atoms with Crippen molar-refractivity contribution in [2.24, 2.45) is 0 Å². The number of aldehydes is 1. The minimum atomic E-state index is -4.97. The van der Waals surface area contributed by atoms with Crippen molar-refractivity contribution < 1.29 is 35.9 Å². The fraction of sp³-hybridized carbons (Fsp3) is 0.0714. The predicted octanol–water partition coefficient (Wildman–Crippen LogP) is 4.48. The van der Waals surface area contributed by atoms with Crippen molar-refractivity contribution >= 4 is 6.29 Å². The zero-order valence-electron chi connectivity index (χ0n) is 10.5. The van der Waals surface area contributed by atoms with E-state index < -0.39 is 29.6 Å². The van der Waals surface area contributed by atoms with Crippen molar-refractivity contribution in [3.8, 4) is 16.9 Å². The monoisotopic (exact) mass is 320 g/mol. The molecule has 0 bridgehead atoms. The van der Waals surface area contributed by atoms with E-state index in [1.54, 1.807) is 0 Å². The van der Waals surface area contributed by atoms with E-state index in [1.165, 1.54) is 0 Å². The maximum absolute atomic E-state index is 13.2. The lowest BCUT2D eigenvalue weighted by Gasteiger charge is -2.12. The lowest BCUT2D eigenvalue weighted by atomic mass is 9.99. The van der Waals surface area contributed by atoms with Crippen LogP contribution in [0.2, 0.25) is 0 Å². The SMILES string of the molecule is O=Cc1ccc(OC(F)(F)F)cc1-c1cc(F)c(F)c(F)c1. The van der Waals surface area contributed by atoms with E-state index in [2.05, 4.69) is 4.74 Å². The van der Waals surface area contributed by atoms with Gasteiger partial charge >= 0.3 is 6.36 Å². The lowest BCUT2D eigenvalue weighted by Crippen LogP contribution is -2.17. The normalized spacial score (nSPS) is 11.4. The van der Waals surface area contributed by atoms with Crippen LogP contribution in [-0.2, 0) is 0 Å². The molecular formula is C14H6F6O2. The van der Waals surface area contributed by atoms with Crippen LogP contribution in [0.15, 0.2) is 30.3 Å². The number of carbonyl (C=O) groups excluding carboxylic acids is 1. The molecule has 0 radical (unpaired) electrons. The molecule has 2 nitrogen and oxygen atoms in total. The predicted molar refractivity (Wildman–Crippen MR) is 63.8 cm³/mol. The first kappa shape index (κ1) is 15.9. The van der Waals surface area contributed by atoms with Crippen molar-refractivity contribution in [2.75, 3.05) is 0 Å². The Morgan fingerprint density at radius 3 is 2.05 bits per heavy atom. The Morgan fingerprint density at radius 2 is 1.55 bits per heavy atom. The molecule has 0 saturated carbocycles. The molecule has 0 aliphatic heterocycles. The zero-order valence-corrected chi connectivity index (χ0v) is 10.5. The first-order valence-electron chi connectivity index (χ1n) is 5.71. The van der Waals surface area contributed by atoms with Crippen LogP contribution < -0.4 is 4.74 Å². The van der Waals surface area contributed by atoms with Gasteiger partial charge in [0.25, 0.3) is 0 Å². The van der Waals surface area contributed by atoms with Gasteiger partial charge in [-0.3, -0.25) is 4.79 Å². The molecule has 0 unspecified atom stereocenters. The Hall–Kier alpha value is -2.51. The highest BCUT2D eigenvalue weighted by Crippen LogP contribution is 2.31. The summed E-state index contributed by atoms with van der Waals surface area (Å²) in [4.78, 5) is 10.9. The third-order valence-electron chi connectivity index (χ3n) is 2.68. The highest BCUT2D eigenvalue weighted by Gasteiger charge is 2.31. The Morgan fingerprint density at radius 1 is 0.955 bits per heavy atom. The number of hydrogen-bond donors (Lipinski definition) is 0. The van der Waals surface area contributed by atoms with E-state index >= 15 is 0 Å². The Bertz CT molecular complexity index is 701. The molecule has 0 aliphatic carbocycles.